The molecule has 4 N–H and O–H groups in total. The molecule has 6 heteroatoms. The van der Waals surface area contributed by atoms with Gasteiger partial charge in [0.25, 0.3) is 0 Å². The minimum Gasteiger partial charge on any atom is -0.424 e. The number of carbonyl (C=O) groups excluding carboxylic acids is 1. The van der Waals surface area contributed by atoms with Gasteiger partial charge in [0.15, 0.2) is 0 Å². The lowest BCUT2D eigenvalue weighted by Crippen LogP contribution is -2.42. The van der Waals surface area contributed by atoms with Gasteiger partial charge in [-0.3, -0.25) is 4.79 Å². The first kappa shape index (κ1) is 13.7. The van der Waals surface area contributed by atoms with Crippen molar-refractivity contribution >= 4 is 22.5 Å². The minimum absolute atomic E-state index is 0.0617. The number of nitrogens with two attached hydrogens (primary N) is 1. The molecule has 0 fully saturated rings. The standard InChI is InChI=1S/C19H12N4O2/c20-9-12-16(21)25-17-15(10-5-1-3-7-13(10)22-17)19(12)11-6-2-4-8-14(11)23-18(19)24/h1-8,22H,21H2,(H,23,24). The number of para-hydroxylation sites is 2. The molecule has 2 aromatic carbocycles. The van der Waals surface area contributed by atoms with Crippen LogP contribution in [0, 0.1) is 11.3 Å². The highest BCUT2D eigenvalue weighted by atomic mass is 16.5. The summed E-state index contributed by atoms with van der Waals surface area (Å²) < 4.78 is 5.67. The summed E-state index contributed by atoms with van der Waals surface area (Å²) in [4.78, 5) is 16.4. The van der Waals surface area contributed by atoms with Gasteiger partial charge in [0, 0.05) is 27.7 Å². The lowest BCUT2D eigenvalue weighted by Gasteiger charge is -2.31. The summed E-state index contributed by atoms with van der Waals surface area (Å²) in [5, 5.41) is 13.5. The Balaban J connectivity index is 2.00. The van der Waals surface area contributed by atoms with Gasteiger partial charge in [0.05, 0.1) is 0 Å². The maximum atomic E-state index is 13.2. The van der Waals surface area contributed by atoms with Gasteiger partial charge in [-0.2, -0.15) is 5.26 Å². The molecule has 2 aliphatic rings. The second-order valence-electron chi connectivity index (χ2n) is 6.08. The summed E-state index contributed by atoms with van der Waals surface area (Å²) in [6.07, 6.45) is 0. The molecule has 0 bridgehead atoms. The number of anilines is 1. The predicted molar refractivity (Wildman–Crippen MR) is 91.6 cm³/mol. The van der Waals surface area contributed by atoms with Crippen molar-refractivity contribution in [3.8, 4) is 11.9 Å². The Labute approximate surface area is 142 Å². The van der Waals surface area contributed by atoms with Crippen LogP contribution in [0.3, 0.4) is 0 Å². The van der Waals surface area contributed by atoms with Crippen molar-refractivity contribution in [2.75, 3.05) is 5.32 Å². The van der Waals surface area contributed by atoms with Crippen molar-refractivity contribution < 1.29 is 9.53 Å². The van der Waals surface area contributed by atoms with Gasteiger partial charge < -0.3 is 20.8 Å². The number of aromatic amines is 1. The second kappa shape index (κ2) is 4.42. The van der Waals surface area contributed by atoms with Gasteiger partial charge in [-0.1, -0.05) is 36.4 Å². The van der Waals surface area contributed by atoms with E-state index in [1.807, 2.05) is 48.5 Å². The summed E-state index contributed by atoms with van der Waals surface area (Å²) in [6, 6.07) is 17.0. The minimum atomic E-state index is -1.32. The molecule has 6 nitrogen and oxygen atoms in total. The highest BCUT2D eigenvalue weighted by Crippen LogP contribution is 2.55. The quantitative estimate of drug-likeness (QED) is 0.590. The predicted octanol–water partition coefficient (Wildman–Crippen LogP) is 2.49. The van der Waals surface area contributed by atoms with Crippen LogP contribution in [-0.2, 0) is 10.2 Å². The van der Waals surface area contributed by atoms with Gasteiger partial charge in [-0.15, -0.1) is 0 Å². The monoisotopic (exact) mass is 328 g/mol. The van der Waals surface area contributed by atoms with Gasteiger partial charge in [0.1, 0.15) is 17.1 Å². The number of nitrogens with one attached hydrogen (secondary N) is 2. The third-order valence-corrected chi connectivity index (χ3v) is 4.91. The molecule has 3 aromatic rings. The van der Waals surface area contributed by atoms with Crippen molar-refractivity contribution in [1.82, 2.24) is 4.98 Å². The highest BCUT2D eigenvalue weighted by molar-refractivity contribution is 6.15. The Morgan fingerprint density at radius 2 is 1.88 bits per heavy atom. The molecule has 1 atom stereocenters. The number of nitrogens with zero attached hydrogens (tertiary/aromatic N) is 1. The molecular formula is C19H12N4O2. The average Bonchev–Trinajstić information content (AvgIpc) is 3.11. The molecule has 120 valence electrons. The van der Waals surface area contributed by atoms with Crippen LogP contribution in [0.2, 0.25) is 0 Å². The molecule has 0 saturated heterocycles. The summed E-state index contributed by atoms with van der Waals surface area (Å²) in [5.41, 5.74) is 7.63. The maximum absolute atomic E-state index is 13.2. The fourth-order valence-electron chi connectivity index (χ4n) is 3.93. The van der Waals surface area contributed by atoms with E-state index < -0.39 is 5.41 Å². The molecule has 1 amide bonds. The number of benzene rings is 2. The normalized spacial score (nSPS) is 20.8. The van der Waals surface area contributed by atoms with E-state index in [1.165, 1.54) is 0 Å². The van der Waals surface area contributed by atoms with Crippen LogP contribution in [0.1, 0.15) is 11.1 Å². The number of hydrogen-bond donors (Lipinski definition) is 3. The highest BCUT2D eigenvalue weighted by Gasteiger charge is 2.57. The van der Waals surface area contributed by atoms with E-state index in [0.29, 0.717) is 22.7 Å². The van der Waals surface area contributed by atoms with Crippen LogP contribution in [0.15, 0.2) is 60.0 Å². The number of carbonyl (C=O) groups is 1. The van der Waals surface area contributed by atoms with E-state index in [4.69, 9.17) is 10.5 Å². The molecule has 3 heterocycles. The Bertz CT molecular complexity index is 1150. The molecule has 0 saturated carbocycles. The number of fused-ring (bicyclic) bond motifs is 6. The molecule has 1 unspecified atom stereocenters. The van der Waals surface area contributed by atoms with Gasteiger partial charge in [-0.05, 0) is 12.1 Å². The van der Waals surface area contributed by atoms with Gasteiger partial charge >= 0.3 is 0 Å². The van der Waals surface area contributed by atoms with E-state index in [-0.39, 0.29) is 17.4 Å². The van der Waals surface area contributed by atoms with Crippen LogP contribution in [-0.4, -0.2) is 10.9 Å². The average molecular weight is 328 g/mol. The van der Waals surface area contributed by atoms with E-state index in [2.05, 4.69) is 16.4 Å². The third kappa shape index (κ3) is 1.45. The number of nitriles is 1. The number of ether oxygens (including phenoxy) is 1. The van der Waals surface area contributed by atoms with Crippen LogP contribution in [0.5, 0.6) is 5.88 Å². The number of hydrogen-bond acceptors (Lipinski definition) is 4. The molecule has 5 rings (SSSR count). The summed E-state index contributed by atoms with van der Waals surface area (Å²) in [6.45, 7) is 0. The SMILES string of the molecule is N#CC1=C(N)Oc2[nH]c3ccccc3c2C12C(=O)Nc1ccccc12. The first-order chi connectivity index (χ1) is 12.2. The zero-order valence-corrected chi connectivity index (χ0v) is 13.0. The molecule has 1 aromatic heterocycles. The molecule has 0 aliphatic carbocycles. The molecule has 2 aliphatic heterocycles. The first-order valence-electron chi connectivity index (χ1n) is 7.78. The second-order valence-corrected chi connectivity index (χ2v) is 6.08. The fraction of sp³-hybridized carbons (Fsp3) is 0.0526. The Kier molecular flexibility index (Phi) is 2.42. The Hall–Kier alpha value is -3.72. The van der Waals surface area contributed by atoms with Crippen molar-refractivity contribution in [2.45, 2.75) is 5.41 Å². The van der Waals surface area contributed by atoms with Crippen LogP contribution < -0.4 is 15.8 Å². The number of rotatable bonds is 0. The van der Waals surface area contributed by atoms with Crippen molar-refractivity contribution in [3.05, 3.63) is 71.1 Å². The number of aromatic nitrogens is 1. The molecular weight excluding hydrogens is 316 g/mol. The first-order valence-corrected chi connectivity index (χ1v) is 7.78. The molecule has 25 heavy (non-hydrogen) atoms. The summed E-state index contributed by atoms with van der Waals surface area (Å²) in [5.74, 6) is 0.0282. The van der Waals surface area contributed by atoms with Crippen molar-refractivity contribution in [2.24, 2.45) is 5.73 Å². The van der Waals surface area contributed by atoms with Gasteiger partial charge in [-0.25, -0.2) is 0 Å². The Morgan fingerprint density at radius 3 is 2.72 bits per heavy atom. The zero-order chi connectivity index (χ0) is 17.2. The van der Waals surface area contributed by atoms with E-state index in [1.54, 1.807) is 0 Å². The molecule has 0 radical (unpaired) electrons. The van der Waals surface area contributed by atoms with Crippen LogP contribution >= 0.6 is 0 Å². The topological polar surface area (TPSA) is 104 Å². The third-order valence-electron chi connectivity index (χ3n) is 4.91. The van der Waals surface area contributed by atoms with E-state index in [9.17, 15) is 10.1 Å². The Morgan fingerprint density at radius 1 is 1.12 bits per heavy atom. The lowest BCUT2D eigenvalue weighted by molar-refractivity contribution is -0.118. The fourth-order valence-corrected chi connectivity index (χ4v) is 3.93. The number of amides is 1. The summed E-state index contributed by atoms with van der Waals surface area (Å²) >= 11 is 0. The largest absolute Gasteiger partial charge is 0.424 e. The van der Waals surface area contributed by atoms with Crippen molar-refractivity contribution in [3.63, 3.8) is 0 Å². The maximum Gasteiger partial charge on any atom is 0.245 e. The van der Waals surface area contributed by atoms with Crippen molar-refractivity contribution in [1.29, 1.82) is 5.26 Å². The van der Waals surface area contributed by atoms with E-state index in [0.717, 1.165) is 10.9 Å². The molecule has 1 spiro atoms. The van der Waals surface area contributed by atoms with Crippen LogP contribution in [0.4, 0.5) is 5.69 Å². The van der Waals surface area contributed by atoms with E-state index >= 15 is 0 Å². The van der Waals surface area contributed by atoms with Crippen LogP contribution in [0.25, 0.3) is 10.9 Å². The van der Waals surface area contributed by atoms with Gasteiger partial charge in [0.2, 0.25) is 17.7 Å². The summed E-state index contributed by atoms with van der Waals surface area (Å²) in [7, 11) is 0. The zero-order valence-electron chi connectivity index (χ0n) is 13.0. The smallest absolute Gasteiger partial charge is 0.245 e. The number of H-pyrrole nitrogens is 1. The lowest BCUT2D eigenvalue weighted by atomic mass is 9.69.